The van der Waals surface area contributed by atoms with E-state index in [1.54, 1.807) is 22.9 Å². The standard InChI is InChI=1S/C17H27N5O4.ClH/c1-20-10-14(9-19-20)11-21(7-8-25-2)15(23)12-22-13-17(26-16(22)24)3-5-18-6-4-17;/h9-10,18H,3-8,11-13H2,1-2H3;1H. The number of piperidine rings is 1. The Morgan fingerprint density at radius 2 is 2.19 bits per heavy atom. The first-order valence-electron chi connectivity index (χ1n) is 8.94. The van der Waals surface area contributed by atoms with Gasteiger partial charge in [-0.15, -0.1) is 12.4 Å². The van der Waals surface area contributed by atoms with Crippen LogP contribution in [0, 0.1) is 0 Å². The molecule has 0 aliphatic carbocycles. The maximum absolute atomic E-state index is 12.8. The minimum absolute atomic E-state index is 0. The Balaban J connectivity index is 0.00000261. The van der Waals surface area contributed by atoms with Crippen molar-refractivity contribution in [3.63, 3.8) is 0 Å². The molecule has 2 amide bonds. The second-order valence-corrected chi connectivity index (χ2v) is 6.99. The van der Waals surface area contributed by atoms with Crippen LogP contribution in [0.2, 0.25) is 0 Å². The summed E-state index contributed by atoms with van der Waals surface area (Å²) >= 11 is 0. The predicted molar refractivity (Wildman–Crippen MR) is 101 cm³/mol. The van der Waals surface area contributed by atoms with Crippen molar-refractivity contribution in [2.24, 2.45) is 7.05 Å². The fraction of sp³-hybridized carbons (Fsp3) is 0.706. The molecule has 0 aromatic carbocycles. The maximum Gasteiger partial charge on any atom is 0.410 e. The molecule has 0 saturated carbocycles. The van der Waals surface area contributed by atoms with Crippen LogP contribution < -0.4 is 5.32 Å². The fourth-order valence-electron chi connectivity index (χ4n) is 3.49. The highest BCUT2D eigenvalue weighted by molar-refractivity contribution is 5.85. The number of nitrogens with zero attached hydrogens (tertiary/aromatic N) is 4. The highest BCUT2D eigenvalue weighted by atomic mass is 35.5. The van der Waals surface area contributed by atoms with Crippen LogP contribution in [0.15, 0.2) is 12.4 Å². The normalized spacial score (nSPS) is 18.3. The molecular formula is C17H28ClN5O4. The number of aromatic nitrogens is 2. The highest BCUT2D eigenvalue weighted by Crippen LogP contribution is 2.31. The van der Waals surface area contributed by atoms with Crippen molar-refractivity contribution in [2.45, 2.75) is 25.0 Å². The van der Waals surface area contributed by atoms with Gasteiger partial charge in [-0.25, -0.2) is 4.79 Å². The number of halogens is 1. The van der Waals surface area contributed by atoms with Gasteiger partial charge in [-0.3, -0.25) is 14.4 Å². The summed E-state index contributed by atoms with van der Waals surface area (Å²) in [6.07, 6.45) is 4.79. The Morgan fingerprint density at radius 3 is 2.81 bits per heavy atom. The fourth-order valence-corrected chi connectivity index (χ4v) is 3.49. The number of hydrogen-bond acceptors (Lipinski definition) is 6. The molecule has 3 heterocycles. The smallest absolute Gasteiger partial charge is 0.410 e. The van der Waals surface area contributed by atoms with Gasteiger partial charge in [0.2, 0.25) is 5.91 Å². The van der Waals surface area contributed by atoms with Gasteiger partial charge in [-0.05, 0) is 13.1 Å². The van der Waals surface area contributed by atoms with Gasteiger partial charge in [-0.1, -0.05) is 0 Å². The molecule has 1 aromatic heterocycles. The molecule has 1 N–H and O–H groups in total. The molecule has 2 aliphatic rings. The van der Waals surface area contributed by atoms with Crippen molar-refractivity contribution >= 4 is 24.4 Å². The monoisotopic (exact) mass is 401 g/mol. The number of nitrogens with one attached hydrogen (secondary N) is 1. The number of carbonyl (C=O) groups excluding carboxylic acids is 2. The zero-order chi connectivity index (χ0) is 18.6. The molecule has 10 heteroatoms. The lowest BCUT2D eigenvalue weighted by Crippen LogP contribution is -2.46. The summed E-state index contributed by atoms with van der Waals surface area (Å²) in [4.78, 5) is 28.3. The summed E-state index contributed by atoms with van der Waals surface area (Å²) in [7, 11) is 3.44. The van der Waals surface area contributed by atoms with Crippen LogP contribution in [0.3, 0.4) is 0 Å². The van der Waals surface area contributed by atoms with E-state index in [4.69, 9.17) is 9.47 Å². The van der Waals surface area contributed by atoms with Crippen molar-refractivity contribution in [2.75, 3.05) is 46.4 Å². The zero-order valence-corrected chi connectivity index (χ0v) is 16.7. The average molecular weight is 402 g/mol. The van der Waals surface area contributed by atoms with Gasteiger partial charge < -0.3 is 19.7 Å². The van der Waals surface area contributed by atoms with E-state index in [0.717, 1.165) is 31.5 Å². The third-order valence-corrected chi connectivity index (χ3v) is 4.93. The van der Waals surface area contributed by atoms with Crippen molar-refractivity contribution in [1.29, 1.82) is 0 Å². The highest BCUT2D eigenvalue weighted by Gasteiger charge is 2.46. The number of hydrogen-bond donors (Lipinski definition) is 1. The molecule has 1 aromatic rings. The lowest BCUT2D eigenvalue weighted by molar-refractivity contribution is -0.133. The number of carbonyl (C=O) groups is 2. The molecule has 2 saturated heterocycles. The van der Waals surface area contributed by atoms with Crippen LogP contribution in [0.1, 0.15) is 18.4 Å². The predicted octanol–water partition coefficient (Wildman–Crippen LogP) is 0.391. The van der Waals surface area contributed by atoms with Crippen LogP contribution in [0.5, 0.6) is 0 Å². The number of aryl methyl sites for hydroxylation is 1. The molecule has 152 valence electrons. The third-order valence-electron chi connectivity index (χ3n) is 4.93. The minimum atomic E-state index is -0.441. The Labute approximate surface area is 165 Å². The van der Waals surface area contributed by atoms with E-state index in [1.807, 2.05) is 13.2 Å². The van der Waals surface area contributed by atoms with Gasteiger partial charge in [0.1, 0.15) is 12.1 Å². The first-order valence-corrected chi connectivity index (χ1v) is 8.94. The van der Waals surface area contributed by atoms with Crippen molar-refractivity contribution in [1.82, 2.24) is 24.9 Å². The van der Waals surface area contributed by atoms with Gasteiger partial charge in [0.15, 0.2) is 0 Å². The molecule has 2 aliphatic heterocycles. The average Bonchev–Trinajstić information content (AvgIpc) is 3.15. The summed E-state index contributed by atoms with van der Waals surface area (Å²) in [6.45, 7) is 3.50. The van der Waals surface area contributed by atoms with E-state index in [-0.39, 0.29) is 24.9 Å². The third kappa shape index (κ3) is 5.33. The van der Waals surface area contributed by atoms with E-state index in [1.165, 1.54) is 4.90 Å². The molecular weight excluding hydrogens is 374 g/mol. The van der Waals surface area contributed by atoms with Crippen molar-refractivity contribution < 1.29 is 19.1 Å². The minimum Gasteiger partial charge on any atom is -0.441 e. The van der Waals surface area contributed by atoms with E-state index >= 15 is 0 Å². The van der Waals surface area contributed by atoms with Crippen LogP contribution in [0.4, 0.5) is 4.79 Å². The van der Waals surface area contributed by atoms with E-state index in [9.17, 15) is 9.59 Å². The Morgan fingerprint density at radius 1 is 1.44 bits per heavy atom. The van der Waals surface area contributed by atoms with Gasteiger partial charge in [-0.2, -0.15) is 5.10 Å². The van der Waals surface area contributed by atoms with Gasteiger partial charge in [0.05, 0.1) is 19.3 Å². The van der Waals surface area contributed by atoms with Crippen LogP contribution in [-0.2, 0) is 27.9 Å². The summed E-state index contributed by atoms with van der Waals surface area (Å²) in [5.74, 6) is -0.117. The molecule has 27 heavy (non-hydrogen) atoms. The number of methoxy groups -OCH3 is 1. The molecule has 2 fully saturated rings. The van der Waals surface area contributed by atoms with Crippen LogP contribution in [0.25, 0.3) is 0 Å². The lowest BCUT2D eigenvalue weighted by atomic mass is 9.92. The number of rotatable bonds is 7. The van der Waals surface area contributed by atoms with Crippen molar-refractivity contribution in [3.05, 3.63) is 18.0 Å². The summed E-state index contributed by atoms with van der Waals surface area (Å²) in [5.41, 5.74) is 0.499. The first-order chi connectivity index (χ1) is 12.5. The molecule has 3 rings (SSSR count). The molecule has 0 atom stereocenters. The van der Waals surface area contributed by atoms with E-state index < -0.39 is 11.7 Å². The molecule has 0 unspecified atom stereocenters. The van der Waals surface area contributed by atoms with Gasteiger partial charge >= 0.3 is 6.09 Å². The van der Waals surface area contributed by atoms with Crippen molar-refractivity contribution in [3.8, 4) is 0 Å². The SMILES string of the molecule is COCCN(Cc1cnn(C)c1)C(=O)CN1CC2(CCNCC2)OC1=O.Cl. The molecule has 1 spiro atoms. The van der Waals surface area contributed by atoms with Crippen LogP contribution >= 0.6 is 12.4 Å². The Kier molecular flexibility index (Phi) is 7.46. The topological polar surface area (TPSA) is 88.9 Å². The Hall–Kier alpha value is -1.84. The maximum atomic E-state index is 12.8. The van der Waals surface area contributed by atoms with E-state index in [2.05, 4.69) is 10.4 Å². The van der Waals surface area contributed by atoms with Crippen LogP contribution in [-0.4, -0.2) is 83.6 Å². The largest absolute Gasteiger partial charge is 0.441 e. The number of ether oxygens (including phenoxy) is 2. The second kappa shape index (κ2) is 9.38. The number of amides is 2. The summed E-state index contributed by atoms with van der Waals surface area (Å²) < 4.78 is 12.4. The quantitative estimate of drug-likeness (QED) is 0.711. The van der Waals surface area contributed by atoms with Gasteiger partial charge in [0, 0.05) is 51.8 Å². The molecule has 0 bridgehead atoms. The first kappa shape index (κ1) is 21.5. The summed E-state index contributed by atoms with van der Waals surface area (Å²) in [5, 5.41) is 7.41. The second-order valence-electron chi connectivity index (χ2n) is 6.99. The van der Waals surface area contributed by atoms with E-state index in [0.29, 0.717) is 26.2 Å². The zero-order valence-electron chi connectivity index (χ0n) is 15.8. The molecule has 9 nitrogen and oxygen atoms in total. The van der Waals surface area contributed by atoms with Gasteiger partial charge in [0.25, 0.3) is 0 Å². The molecule has 0 radical (unpaired) electrons. The summed E-state index contributed by atoms with van der Waals surface area (Å²) in [6, 6.07) is 0. The Bertz CT molecular complexity index is 647. The lowest BCUT2D eigenvalue weighted by Gasteiger charge is -2.31.